The second-order valence-corrected chi connectivity index (χ2v) is 10.1. The van der Waals surface area contributed by atoms with Crippen molar-refractivity contribution in [3.05, 3.63) is 139 Å². The minimum atomic E-state index is -1.35. The highest BCUT2D eigenvalue weighted by Gasteiger charge is 2.21. The highest BCUT2D eigenvalue weighted by atomic mass is 127. The van der Waals surface area contributed by atoms with Gasteiger partial charge in [-0.25, -0.2) is 17.6 Å². The summed E-state index contributed by atoms with van der Waals surface area (Å²) >= 11 is 2.41. The van der Waals surface area contributed by atoms with E-state index in [1.54, 1.807) is 73.6 Å². The quantitative estimate of drug-likeness (QED) is 0.0628. The fourth-order valence-corrected chi connectivity index (χ4v) is 3.87. The Balaban J connectivity index is 0.000000174. The van der Waals surface area contributed by atoms with Crippen molar-refractivity contribution in [1.82, 2.24) is 9.97 Å². The summed E-state index contributed by atoms with van der Waals surface area (Å²) in [6.45, 7) is 0. The number of hydrogen-bond acceptors (Lipinski definition) is 6. The maximum atomic E-state index is 12.6. The summed E-state index contributed by atoms with van der Waals surface area (Å²) in [5.41, 5.74) is 2.92. The van der Waals surface area contributed by atoms with Crippen molar-refractivity contribution in [2.24, 2.45) is 9.98 Å². The number of aromatic nitrogens is 2. The molecule has 6 nitrogen and oxygen atoms in total. The van der Waals surface area contributed by atoms with Crippen LogP contribution in [-0.4, -0.2) is 32.6 Å². The highest BCUT2D eigenvalue weighted by molar-refractivity contribution is 14.1. The van der Waals surface area contributed by atoms with Crippen LogP contribution in [0.25, 0.3) is 0 Å². The van der Waals surface area contributed by atoms with E-state index in [1.165, 1.54) is 45.2 Å². The molecule has 0 radical (unpaired) electrons. The number of nitrogens with zero attached hydrogens (tertiary/aromatic N) is 4. The Morgan fingerprint density at radius 3 is 1.21 bits per heavy atom. The normalized spacial score (nSPS) is 10.6. The molecule has 0 saturated carbocycles. The number of phenols is 2. The van der Waals surface area contributed by atoms with Crippen LogP contribution in [0.3, 0.4) is 0 Å². The van der Waals surface area contributed by atoms with Gasteiger partial charge < -0.3 is 10.2 Å². The van der Waals surface area contributed by atoms with Crippen molar-refractivity contribution in [3.8, 4) is 11.5 Å². The van der Waals surface area contributed by atoms with Crippen molar-refractivity contribution in [1.29, 1.82) is 0 Å². The summed E-state index contributed by atoms with van der Waals surface area (Å²) in [6, 6.07) is 21.4. The molecule has 0 bridgehead atoms. The molecule has 2 heterocycles. The average molecular weight is 798 g/mol. The topological polar surface area (TPSA) is 91.0 Å². The number of hydrogen-bond donors (Lipinski definition) is 2. The van der Waals surface area contributed by atoms with Crippen molar-refractivity contribution in [2.75, 3.05) is 0 Å². The van der Waals surface area contributed by atoms with Gasteiger partial charge in [0, 0.05) is 35.9 Å². The Labute approximate surface area is 265 Å². The molecule has 5 rings (SSSR count). The van der Waals surface area contributed by atoms with E-state index in [0.717, 1.165) is 11.4 Å². The minimum Gasteiger partial charge on any atom is -0.507 e. The molecule has 42 heavy (non-hydrogen) atoms. The molecule has 2 N–H and O–H groups in total. The number of rotatable bonds is 4. The molecule has 0 aliphatic carbocycles. The van der Waals surface area contributed by atoms with E-state index in [4.69, 9.17) is 0 Å². The van der Waals surface area contributed by atoms with Gasteiger partial charge in [-0.3, -0.25) is 20.0 Å². The van der Waals surface area contributed by atoms with Gasteiger partial charge in [0.05, 0.1) is 30.9 Å². The number of aliphatic imine (C=N–C) groups is 2. The van der Waals surface area contributed by atoms with E-state index in [-0.39, 0.29) is 11.5 Å². The molecule has 214 valence electrons. The number of phenolic OH excluding ortho intramolecular Hbond substituents is 2. The molecule has 5 aromatic rings. The number of halogens is 6. The molecule has 0 saturated heterocycles. The highest BCUT2D eigenvalue weighted by Crippen LogP contribution is 2.26. The van der Waals surface area contributed by atoms with Crippen LogP contribution in [-0.2, 0) is 0 Å². The number of pyridine rings is 2. The Morgan fingerprint density at radius 1 is 0.548 bits per heavy atom. The van der Waals surface area contributed by atoms with Crippen LogP contribution in [0.5, 0.6) is 11.5 Å². The molecule has 0 atom stereocenters. The van der Waals surface area contributed by atoms with Crippen LogP contribution in [0.4, 0.5) is 28.9 Å². The third kappa shape index (κ3) is 9.58. The number of aromatic hydroxyl groups is 2. The first-order chi connectivity index (χ1) is 20.2. The SMILES string of the molecule is Fc1c(F)c(I)c(F)c(F)c1I.Oc1ccccc1C=Nc1cccnc1.Oc1ccccc1C=Nc1cccnc1. The summed E-state index contributed by atoms with van der Waals surface area (Å²) in [5, 5.41) is 19.0. The molecule has 0 fully saturated rings. The Bertz CT molecular complexity index is 1480. The van der Waals surface area contributed by atoms with Crippen molar-refractivity contribution < 1.29 is 27.8 Å². The standard InChI is InChI=1S/2C12H10N2O.C6F4I2/c2*15-12-6-2-1-4-10(12)8-14-11-5-3-7-13-9-11;7-1-2(8)6(12)4(10)3(9)5(1)11/h2*1-9,15H;. The summed E-state index contributed by atoms with van der Waals surface area (Å²) in [6.07, 6.45) is 9.95. The van der Waals surface area contributed by atoms with Gasteiger partial charge in [-0.15, -0.1) is 0 Å². The molecule has 12 heteroatoms. The summed E-state index contributed by atoms with van der Waals surface area (Å²) in [4.78, 5) is 16.3. The first kappa shape index (κ1) is 32.6. The first-order valence-electron chi connectivity index (χ1n) is 11.8. The minimum absolute atomic E-state index is 0.227. The largest absolute Gasteiger partial charge is 0.507 e. The summed E-state index contributed by atoms with van der Waals surface area (Å²) in [7, 11) is 0. The van der Waals surface area contributed by atoms with Gasteiger partial charge in [-0.2, -0.15) is 0 Å². The summed E-state index contributed by atoms with van der Waals surface area (Å²) < 4.78 is 49.2. The molecule has 0 aliphatic rings. The van der Waals surface area contributed by atoms with E-state index in [0.29, 0.717) is 11.1 Å². The van der Waals surface area contributed by atoms with E-state index in [2.05, 4.69) is 20.0 Å². The lowest BCUT2D eigenvalue weighted by Crippen LogP contribution is -2.02. The molecule has 0 spiro atoms. The van der Waals surface area contributed by atoms with Gasteiger partial charge in [0.15, 0.2) is 23.3 Å². The second kappa shape index (κ2) is 16.5. The fraction of sp³-hybridized carbons (Fsp3) is 0. The van der Waals surface area contributed by atoms with Crippen molar-refractivity contribution in [3.63, 3.8) is 0 Å². The zero-order valence-electron chi connectivity index (χ0n) is 21.3. The molecule has 2 aromatic heterocycles. The Kier molecular flexibility index (Phi) is 12.8. The van der Waals surface area contributed by atoms with Gasteiger partial charge in [-0.1, -0.05) is 24.3 Å². The molecular weight excluding hydrogens is 778 g/mol. The van der Waals surface area contributed by atoms with Gasteiger partial charge in [-0.05, 0) is 93.7 Å². The zero-order valence-corrected chi connectivity index (χ0v) is 25.7. The van der Waals surface area contributed by atoms with Crippen LogP contribution in [0.1, 0.15) is 11.1 Å². The summed E-state index contributed by atoms with van der Waals surface area (Å²) in [5.74, 6) is -4.94. The average Bonchev–Trinajstić information content (AvgIpc) is 3.03. The third-order valence-electron chi connectivity index (χ3n) is 5.03. The van der Waals surface area contributed by atoms with Gasteiger partial charge in [0.2, 0.25) is 0 Å². The predicted octanol–water partition coefficient (Wildman–Crippen LogP) is 8.53. The maximum Gasteiger partial charge on any atom is 0.176 e. The molecule has 0 amide bonds. The van der Waals surface area contributed by atoms with E-state index in [1.807, 2.05) is 36.4 Å². The van der Waals surface area contributed by atoms with Gasteiger partial charge >= 0.3 is 0 Å². The van der Waals surface area contributed by atoms with Crippen LogP contribution >= 0.6 is 45.2 Å². The molecule has 0 aliphatic heterocycles. The van der Waals surface area contributed by atoms with Crippen LogP contribution < -0.4 is 0 Å². The number of para-hydroxylation sites is 2. The van der Waals surface area contributed by atoms with Crippen LogP contribution in [0, 0.1) is 30.4 Å². The number of benzene rings is 3. The van der Waals surface area contributed by atoms with E-state index in [9.17, 15) is 27.8 Å². The predicted molar refractivity (Wildman–Crippen MR) is 171 cm³/mol. The van der Waals surface area contributed by atoms with Crippen LogP contribution in [0.2, 0.25) is 0 Å². The smallest absolute Gasteiger partial charge is 0.176 e. The zero-order chi connectivity index (χ0) is 30.5. The van der Waals surface area contributed by atoms with Gasteiger partial charge in [0.25, 0.3) is 0 Å². The second-order valence-electron chi connectivity index (χ2n) is 7.94. The Hall–Kier alpha value is -3.92. The lowest BCUT2D eigenvalue weighted by Gasteiger charge is -2.02. The van der Waals surface area contributed by atoms with Crippen molar-refractivity contribution in [2.45, 2.75) is 0 Å². The van der Waals surface area contributed by atoms with E-state index < -0.39 is 30.4 Å². The molecule has 3 aromatic carbocycles. The van der Waals surface area contributed by atoms with Gasteiger partial charge in [0.1, 0.15) is 11.5 Å². The monoisotopic (exact) mass is 798 g/mol. The van der Waals surface area contributed by atoms with Crippen molar-refractivity contribution >= 4 is 69.0 Å². The first-order valence-corrected chi connectivity index (χ1v) is 14.0. The fourth-order valence-electron chi connectivity index (χ4n) is 2.92. The van der Waals surface area contributed by atoms with E-state index >= 15 is 0 Å². The third-order valence-corrected chi connectivity index (χ3v) is 6.92. The lowest BCUT2D eigenvalue weighted by atomic mass is 10.2. The Morgan fingerprint density at radius 2 is 0.905 bits per heavy atom. The molecular formula is C30H20F4I2N4O2. The maximum absolute atomic E-state index is 12.6. The molecule has 0 unspecified atom stereocenters. The van der Waals surface area contributed by atoms with Crippen LogP contribution in [0.15, 0.2) is 108 Å². The lowest BCUT2D eigenvalue weighted by molar-refractivity contribution is 0.437.